The highest BCUT2D eigenvalue weighted by Crippen LogP contribution is 2.27. The second-order valence-corrected chi connectivity index (χ2v) is 5.33. The number of carbonyl (C=O) groups is 1. The van der Waals surface area contributed by atoms with Crippen LogP contribution in [-0.4, -0.2) is 43.0 Å². The Hall–Kier alpha value is -1.04. The molecule has 1 unspecified atom stereocenters. The van der Waals surface area contributed by atoms with Gasteiger partial charge in [-0.15, -0.1) is 12.4 Å². The van der Waals surface area contributed by atoms with E-state index >= 15 is 0 Å². The van der Waals surface area contributed by atoms with E-state index in [0.717, 1.165) is 5.69 Å². The van der Waals surface area contributed by atoms with Crippen LogP contribution in [0.1, 0.15) is 13.3 Å². The fourth-order valence-corrected chi connectivity index (χ4v) is 2.60. The highest BCUT2D eigenvalue weighted by molar-refractivity contribution is 6.33. The first-order valence-electron chi connectivity index (χ1n) is 6.77. The summed E-state index contributed by atoms with van der Waals surface area (Å²) in [6.45, 7) is 4.47. The van der Waals surface area contributed by atoms with Gasteiger partial charge in [0.2, 0.25) is 5.91 Å². The number of anilines is 1. The zero-order chi connectivity index (χ0) is 14.7. The number of carbonyl (C=O) groups excluding carboxylic acids is 1. The van der Waals surface area contributed by atoms with E-state index < -0.39 is 6.04 Å². The fourth-order valence-electron chi connectivity index (χ4n) is 2.31. The summed E-state index contributed by atoms with van der Waals surface area (Å²) >= 11 is 6.05. The van der Waals surface area contributed by atoms with E-state index in [1.54, 1.807) is 11.0 Å². The molecule has 0 spiro atoms. The maximum Gasteiger partial charge on any atom is 0.239 e. The monoisotopic (exact) mass is 335 g/mol. The quantitative estimate of drug-likeness (QED) is 0.921. The molecule has 1 aromatic rings. The van der Waals surface area contributed by atoms with Gasteiger partial charge in [0.05, 0.1) is 16.8 Å². The normalized spacial score (nSPS) is 16.4. The van der Waals surface area contributed by atoms with Gasteiger partial charge in [-0.25, -0.2) is 4.39 Å². The molecule has 0 bridgehead atoms. The van der Waals surface area contributed by atoms with Gasteiger partial charge in [-0.2, -0.15) is 0 Å². The van der Waals surface area contributed by atoms with Crippen LogP contribution < -0.4 is 10.6 Å². The zero-order valence-corrected chi connectivity index (χ0v) is 13.5. The molecule has 1 amide bonds. The van der Waals surface area contributed by atoms with Crippen molar-refractivity contribution in [2.24, 2.45) is 5.73 Å². The van der Waals surface area contributed by atoms with Gasteiger partial charge in [0, 0.05) is 26.2 Å². The molecule has 1 saturated heterocycles. The third-order valence-electron chi connectivity index (χ3n) is 3.60. The number of nitrogens with zero attached hydrogens (tertiary/aromatic N) is 2. The minimum atomic E-state index is -0.420. The van der Waals surface area contributed by atoms with Gasteiger partial charge < -0.3 is 15.5 Å². The van der Waals surface area contributed by atoms with Gasteiger partial charge in [-0.05, 0) is 24.6 Å². The van der Waals surface area contributed by atoms with Gasteiger partial charge in [0.1, 0.15) is 5.82 Å². The van der Waals surface area contributed by atoms with Gasteiger partial charge in [0.15, 0.2) is 0 Å². The summed E-state index contributed by atoms with van der Waals surface area (Å²) in [6.07, 6.45) is 0.642. The van der Waals surface area contributed by atoms with E-state index in [0.29, 0.717) is 37.6 Å². The van der Waals surface area contributed by atoms with Crippen LogP contribution in [0.5, 0.6) is 0 Å². The van der Waals surface area contributed by atoms with Crippen molar-refractivity contribution in [3.05, 3.63) is 29.0 Å². The summed E-state index contributed by atoms with van der Waals surface area (Å²) < 4.78 is 13.0. The first-order chi connectivity index (χ1) is 9.52. The molecule has 1 aromatic carbocycles. The summed E-state index contributed by atoms with van der Waals surface area (Å²) in [5, 5.41) is 0.398. The number of nitrogens with two attached hydrogens (primary N) is 1. The third kappa shape index (κ3) is 4.22. The second-order valence-electron chi connectivity index (χ2n) is 4.92. The third-order valence-corrected chi connectivity index (χ3v) is 3.90. The molecule has 0 saturated carbocycles. The molecule has 118 valence electrons. The van der Waals surface area contributed by atoms with Crippen LogP contribution in [0.4, 0.5) is 10.1 Å². The standard InChI is InChI=1S/C14H19ClFN3O.ClH/c1-2-12(17)14(20)19-7-5-18(6-8-19)13-4-3-10(16)9-11(13)15;/h3-4,9,12H,2,5-8,17H2,1H3;1H. The molecule has 1 heterocycles. The summed E-state index contributed by atoms with van der Waals surface area (Å²) in [6, 6.07) is 3.95. The van der Waals surface area contributed by atoms with Crippen molar-refractivity contribution in [1.29, 1.82) is 0 Å². The number of benzene rings is 1. The van der Waals surface area contributed by atoms with Crippen LogP contribution in [0.2, 0.25) is 5.02 Å². The van der Waals surface area contributed by atoms with Crippen LogP contribution in [0, 0.1) is 5.82 Å². The van der Waals surface area contributed by atoms with E-state index in [2.05, 4.69) is 4.90 Å². The number of piperazine rings is 1. The highest BCUT2D eigenvalue weighted by Gasteiger charge is 2.25. The van der Waals surface area contributed by atoms with Crippen molar-refractivity contribution in [2.45, 2.75) is 19.4 Å². The molecule has 2 N–H and O–H groups in total. The molecule has 1 aliphatic heterocycles. The lowest BCUT2D eigenvalue weighted by Crippen LogP contribution is -2.53. The van der Waals surface area contributed by atoms with Crippen LogP contribution in [-0.2, 0) is 4.79 Å². The molecule has 0 aromatic heterocycles. The molecule has 4 nitrogen and oxygen atoms in total. The lowest BCUT2D eigenvalue weighted by Gasteiger charge is -2.37. The highest BCUT2D eigenvalue weighted by atomic mass is 35.5. The molecule has 7 heteroatoms. The maximum atomic E-state index is 13.0. The summed E-state index contributed by atoms with van der Waals surface area (Å²) in [5.74, 6) is -0.348. The Bertz CT molecular complexity index is 493. The first-order valence-corrected chi connectivity index (χ1v) is 7.15. The van der Waals surface area contributed by atoms with Gasteiger partial charge in [-0.3, -0.25) is 4.79 Å². The van der Waals surface area contributed by atoms with E-state index in [1.807, 2.05) is 6.92 Å². The summed E-state index contributed by atoms with van der Waals surface area (Å²) in [7, 11) is 0. The predicted molar refractivity (Wildman–Crippen MR) is 85.7 cm³/mol. The van der Waals surface area contributed by atoms with E-state index in [-0.39, 0.29) is 24.1 Å². The zero-order valence-electron chi connectivity index (χ0n) is 11.9. The minimum Gasteiger partial charge on any atom is -0.367 e. The fraction of sp³-hybridized carbons (Fsp3) is 0.500. The molecule has 1 fully saturated rings. The van der Waals surface area contributed by atoms with Crippen LogP contribution in [0.3, 0.4) is 0 Å². The number of hydrogen-bond acceptors (Lipinski definition) is 3. The molecular weight excluding hydrogens is 316 g/mol. The van der Waals surface area contributed by atoms with Crippen molar-refractivity contribution in [2.75, 3.05) is 31.1 Å². The molecule has 1 atom stereocenters. The van der Waals surface area contributed by atoms with Gasteiger partial charge >= 0.3 is 0 Å². The van der Waals surface area contributed by atoms with E-state index in [1.165, 1.54) is 12.1 Å². The topological polar surface area (TPSA) is 49.6 Å². The lowest BCUT2D eigenvalue weighted by atomic mass is 10.2. The Morgan fingerprint density at radius 2 is 2.00 bits per heavy atom. The number of halogens is 3. The number of hydrogen-bond donors (Lipinski definition) is 1. The molecule has 21 heavy (non-hydrogen) atoms. The van der Waals surface area contributed by atoms with Crippen LogP contribution >= 0.6 is 24.0 Å². The molecule has 2 rings (SSSR count). The molecular formula is C14H20Cl2FN3O. The SMILES string of the molecule is CCC(N)C(=O)N1CCN(c2ccc(F)cc2Cl)CC1.Cl. The molecule has 0 aliphatic carbocycles. The van der Waals surface area contributed by atoms with Gasteiger partial charge in [-0.1, -0.05) is 18.5 Å². The van der Waals surface area contributed by atoms with E-state index in [9.17, 15) is 9.18 Å². The smallest absolute Gasteiger partial charge is 0.239 e. The first kappa shape index (κ1) is 18.0. The van der Waals surface area contributed by atoms with Crippen molar-refractivity contribution in [1.82, 2.24) is 4.90 Å². The predicted octanol–water partition coefficient (Wildman–Crippen LogP) is 2.29. The van der Waals surface area contributed by atoms with Crippen LogP contribution in [0.25, 0.3) is 0 Å². The number of rotatable bonds is 3. The molecule has 1 aliphatic rings. The van der Waals surface area contributed by atoms with Gasteiger partial charge in [0.25, 0.3) is 0 Å². The minimum absolute atomic E-state index is 0. The van der Waals surface area contributed by atoms with Crippen LogP contribution in [0.15, 0.2) is 18.2 Å². The largest absolute Gasteiger partial charge is 0.367 e. The Balaban J connectivity index is 0.00000220. The van der Waals surface area contributed by atoms with Crippen molar-refractivity contribution < 1.29 is 9.18 Å². The van der Waals surface area contributed by atoms with Crippen molar-refractivity contribution in [3.8, 4) is 0 Å². The summed E-state index contributed by atoms with van der Waals surface area (Å²) in [4.78, 5) is 15.8. The van der Waals surface area contributed by atoms with Crippen molar-refractivity contribution >= 4 is 35.6 Å². The van der Waals surface area contributed by atoms with Crippen molar-refractivity contribution in [3.63, 3.8) is 0 Å². The average molecular weight is 336 g/mol. The summed E-state index contributed by atoms with van der Waals surface area (Å²) in [5.41, 5.74) is 6.57. The average Bonchev–Trinajstić information content (AvgIpc) is 2.46. The Labute approximate surface area is 135 Å². The molecule has 0 radical (unpaired) electrons. The Morgan fingerprint density at radius 1 is 1.38 bits per heavy atom. The number of amides is 1. The van der Waals surface area contributed by atoms with E-state index in [4.69, 9.17) is 17.3 Å². The second kappa shape index (κ2) is 7.82. The maximum absolute atomic E-state index is 13.0. The Morgan fingerprint density at radius 3 is 2.52 bits per heavy atom. The Kier molecular flexibility index (Phi) is 6.71. The lowest BCUT2D eigenvalue weighted by molar-refractivity contribution is -0.132.